The van der Waals surface area contributed by atoms with Crippen LogP contribution >= 0.6 is 0 Å². The Morgan fingerprint density at radius 2 is 1.89 bits per heavy atom. The SMILES string of the molecule is CCCCN(CC)C(=O)C1CN(S(=O)(=O)C2CC2)C1. The lowest BCUT2D eigenvalue weighted by molar-refractivity contribution is -0.138. The first kappa shape index (κ1) is 14.8. The number of hydrogen-bond acceptors (Lipinski definition) is 3. The van der Waals surface area contributed by atoms with Gasteiger partial charge in [0.15, 0.2) is 0 Å². The number of unbranched alkanes of at least 4 members (excludes halogenated alkanes) is 1. The molecule has 2 aliphatic rings. The third-order valence-corrected chi connectivity index (χ3v) is 6.31. The minimum atomic E-state index is -3.08. The van der Waals surface area contributed by atoms with Gasteiger partial charge in [-0.25, -0.2) is 8.42 Å². The highest BCUT2D eigenvalue weighted by Crippen LogP contribution is 2.34. The molecule has 1 aliphatic carbocycles. The average Bonchev–Trinajstić information content (AvgIpc) is 3.11. The van der Waals surface area contributed by atoms with Crippen molar-refractivity contribution in [3.05, 3.63) is 0 Å². The molecule has 1 heterocycles. The Hall–Kier alpha value is -0.620. The van der Waals surface area contributed by atoms with Crippen molar-refractivity contribution in [2.45, 2.75) is 44.8 Å². The lowest BCUT2D eigenvalue weighted by atomic mass is 10.0. The van der Waals surface area contributed by atoms with E-state index in [9.17, 15) is 13.2 Å². The third-order valence-electron chi connectivity index (χ3n) is 3.98. The molecule has 0 unspecified atom stereocenters. The first-order valence-corrected chi connectivity index (χ1v) is 8.78. The Morgan fingerprint density at radius 3 is 2.37 bits per heavy atom. The van der Waals surface area contributed by atoms with E-state index in [2.05, 4.69) is 6.92 Å². The van der Waals surface area contributed by atoms with E-state index in [1.165, 1.54) is 4.31 Å². The quantitative estimate of drug-likeness (QED) is 0.704. The van der Waals surface area contributed by atoms with Crippen LogP contribution in [0.5, 0.6) is 0 Å². The number of sulfonamides is 1. The van der Waals surface area contributed by atoms with Crippen molar-refractivity contribution in [1.82, 2.24) is 9.21 Å². The molecule has 0 aromatic heterocycles. The van der Waals surface area contributed by atoms with Gasteiger partial charge in [0.2, 0.25) is 15.9 Å². The van der Waals surface area contributed by atoms with Crippen LogP contribution in [-0.2, 0) is 14.8 Å². The second-order valence-corrected chi connectivity index (χ2v) is 7.74. The van der Waals surface area contributed by atoms with Gasteiger partial charge in [-0.2, -0.15) is 4.31 Å². The summed E-state index contributed by atoms with van der Waals surface area (Å²) in [4.78, 5) is 14.1. The zero-order chi connectivity index (χ0) is 14.0. The highest BCUT2D eigenvalue weighted by Gasteiger charge is 2.47. The molecule has 0 aromatic carbocycles. The molecule has 2 fully saturated rings. The fourth-order valence-corrected chi connectivity index (χ4v) is 4.34. The van der Waals surface area contributed by atoms with Gasteiger partial charge >= 0.3 is 0 Å². The predicted molar refractivity (Wildman–Crippen MR) is 74.2 cm³/mol. The number of carbonyl (C=O) groups is 1. The van der Waals surface area contributed by atoms with Crippen LogP contribution in [-0.4, -0.2) is 55.0 Å². The van der Waals surface area contributed by atoms with E-state index in [1.807, 2.05) is 11.8 Å². The highest BCUT2D eigenvalue weighted by molar-refractivity contribution is 7.90. The van der Waals surface area contributed by atoms with E-state index in [0.29, 0.717) is 19.6 Å². The number of carbonyl (C=O) groups excluding carboxylic acids is 1. The van der Waals surface area contributed by atoms with Gasteiger partial charge < -0.3 is 4.90 Å². The van der Waals surface area contributed by atoms with Crippen LogP contribution in [0, 0.1) is 5.92 Å². The van der Waals surface area contributed by atoms with Gasteiger partial charge in [0.05, 0.1) is 11.2 Å². The second-order valence-electron chi connectivity index (χ2n) is 5.53. The molecule has 5 nitrogen and oxygen atoms in total. The van der Waals surface area contributed by atoms with Gasteiger partial charge in [-0.15, -0.1) is 0 Å². The molecule has 0 atom stereocenters. The third kappa shape index (κ3) is 3.11. The fraction of sp³-hybridized carbons (Fsp3) is 0.923. The Kier molecular flexibility index (Phi) is 4.50. The van der Waals surface area contributed by atoms with Gasteiger partial charge in [0, 0.05) is 26.2 Å². The van der Waals surface area contributed by atoms with Crippen molar-refractivity contribution >= 4 is 15.9 Å². The Morgan fingerprint density at radius 1 is 1.26 bits per heavy atom. The van der Waals surface area contributed by atoms with Crippen molar-refractivity contribution in [1.29, 1.82) is 0 Å². The smallest absolute Gasteiger partial charge is 0.228 e. The zero-order valence-electron chi connectivity index (χ0n) is 11.8. The average molecular weight is 288 g/mol. The molecule has 1 saturated carbocycles. The summed E-state index contributed by atoms with van der Waals surface area (Å²) in [5, 5.41) is -0.161. The van der Waals surface area contributed by atoms with E-state index in [4.69, 9.17) is 0 Å². The lowest BCUT2D eigenvalue weighted by Crippen LogP contribution is -2.57. The molecule has 0 aromatic rings. The molecule has 2 rings (SSSR count). The summed E-state index contributed by atoms with van der Waals surface area (Å²) in [5.74, 6) is 0.00327. The number of amides is 1. The minimum Gasteiger partial charge on any atom is -0.343 e. The summed E-state index contributed by atoms with van der Waals surface area (Å²) in [6.07, 6.45) is 3.65. The largest absolute Gasteiger partial charge is 0.343 e. The Labute approximate surface area is 116 Å². The molecule has 1 saturated heterocycles. The van der Waals surface area contributed by atoms with Gasteiger partial charge in [0.1, 0.15) is 0 Å². The molecular weight excluding hydrogens is 264 g/mol. The summed E-state index contributed by atoms with van der Waals surface area (Å²) in [7, 11) is -3.08. The predicted octanol–water partition coefficient (Wildman–Crippen LogP) is 1.06. The van der Waals surface area contributed by atoms with Crippen LogP contribution in [0.3, 0.4) is 0 Å². The van der Waals surface area contributed by atoms with E-state index in [-0.39, 0.29) is 17.1 Å². The van der Waals surface area contributed by atoms with Crippen molar-refractivity contribution in [2.24, 2.45) is 5.92 Å². The number of hydrogen-bond donors (Lipinski definition) is 0. The zero-order valence-corrected chi connectivity index (χ0v) is 12.7. The van der Waals surface area contributed by atoms with Crippen molar-refractivity contribution in [3.8, 4) is 0 Å². The number of rotatable bonds is 7. The topological polar surface area (TPSA) is 57.7 Å². The maximum atomic E-state index is 12.2. The van der Waals surface area contributed by atoms with Crippen LogP contribution in [0.4, 0.5) is 0 Å². The summed E-state index contributed by atoms with van der Waals surface area (Å²) in [5.41, 5.74) is 0. The standard InChI is InChI=1S/C13H24N2O3S/c1-3-5-8-14(4-2)13(16)11-9-15(10-11)19(17,18)12-6-7-12/h11-12H,3-10H2,1-2H3. The van der Waals surface area contributed by atoms with Crippen LogP contribution in [0.15, 0.2) is 0 Å². The van der Waals surface area contributed by atoms with E-state index < -0.39 is 10.0 Å². The van der Waals surface area contributed by atoms with E-state index >= 15 is 0 Å². The fourth-order valence-electron chi connectivity index (χ4n) is 2.41. The van der Waals surface area contributed by atoms with Crippen molar-refractivity contribution in [2.75, 3.05) is 26.2 Å². The molecule has 1 aliphatic heterocycles. The first-order valence-electron chi connectivity index (χ1n) is 7.28. The molecule has 0 N–H and O–H groups in total. The number of nitrogens with zero attached hydrogens (tertiary/aromatic N) is 2. The van der Waals surface area contributed by atoms with Gasteiger partial charge in [-0.1, -0.05) is 13.3 Å². The van der Waals surface area contributed by atoms with Crippen molar-refractivity contribution in [3.63, 3.8) is 0 Å². The molecule has 110 valence electrons. The lowest BCUT2D eigenvalue weighted by Gasteiger charge is -2.39. The Balaban J connectivity index is 1.83. The molecule has 0 radical (unpaired) electrons. The normalized spacial score (nSPS) is 21.2. The van der Waals surface area contributed by atoms with Crippen molar-refractivity contribution < 1.29 is 13.2 Å². The van der Waals surface area contributed by atoms with Gasteiger partial charge in [-0.05, 0) is 26.2 Å². The molecular formula is C13H24N2O3S. The van der Waals surface area contributed by atoms with Crippen LogP contribution < -0.4 is 0 Å². The van der Waals surface area contributed by atoms with Crippen LogP contribution in [0.2, 0.25) is 0 Å². The van der Waals surface area contributed by atoms with Gasteiger partial charge in [0.25, 0.3) is 0 Å². The monoisotopic (exact) mass is 288 g/mol. The summed E-state index contributed by atoms with van der Waals surface area (Å²) >= 11 is 0. The van der Waals surface area contributed by atoms with Crippen LogP contribution in [0.25, 0.3) is 0 Å². The summed E-state index contributed by atoms with van der Waals surface area (Å²) in [6.45, 7) is 6.36. The highest BCUT2D eigenvalue weighted by atomic mass is 32.2. The summed E-state index contributed by atoms with van der Waals surface area (Å²) < 4.78 is 25.4. The molecule has 0 spiro atoms. The second kappa shape index (κ2) is 5.79. The Bertz CT molecular complexity index is 425. The first-order chi connectivity index (χ1) is 9.00. The maximum absolute atomic E-state index is 12.2. The molecule has 6 heteroatoms. The molecule has 0 bridgehead atoms. The van der Waals surface area contributed by atoms with Gasteiger partial charge in [-0.3, -0.25) is 4.79 Å². The van der Waals surface area contributed by atoms with E-state index in [1.54, 1.807) is 0 Å². The molecule has 19 heavy (non-hydrogen) atoms. The molecule has 1 amide bonds. The minimum absolute atomic E-state index is 0.120. The van der Waals surface area contributed by atoms with E-state index in [0.717, 1.165) is 32.2 Å². The maximum Gasteiger partial charge on any atom is 0.228 e. The van der Waals surface area contributed by atoms with Crippen LogP contribution in [0.1, 0.15) is 39.5 Å². The summed E-state index contributed by atoms with van der Waals surface area (Å²) in [6, 6.07) is 0.